The summed E-state index contributed by atoms with van der Waals surface area (Å²) in [6.07, 6.45) is 6.70. The van der Waals surface area contributed by atoms with Crippen LogP contribution in [0.3, 0.4) is 0 Å². The van der Waals surface area contributed by atoms with Gasteiger partial charge < -0.3 is 9.84 Å². The number of aliphatic hydroxyl groups excluding tert-OH is 1. The molecule has 0 spiro atoms. The summed E-state index contributed by atoms with van der Waals surface area (Å²) in [6.45, 7) is 12.7. The SMILES string of the molecule is CCCOc1cc2c(cc1C1(CCO)CC1)C(C)(C)CCC2(C)C. The maximum absolute atomic E-state index is 9.55. The van der Waals surface area contributed by atoms with Gasteiger partial charge >= 0.3 is 0 Å². The van der Waals surface area contributed by atoms with Gasteiger partial charge in [0.2, 0.25) is 0 Å². The van der Waals surface area contributed by atoms with Crippen molar-refractivity contribution >= 4 is 0 Å². The van der Waals surface area contributed by atoms with Crippen LogP contribution in [0.2, 0.25) is 0 Å². The fourth-order valence-electron chi connectivity index (χ4n) is 4.36. The van der Waals surface area contributed by atoms with Crippen LogP contribution in [0.5, 0.6) is 5.75 Å². The van der Waals surface area contributed by atoms with E-state index in [1.165, 1.54) is 42.4 Å². The van der Waals surface area contributed by atoms with Crippen molar-refractivity contribution in [3.63, 3.8) is 0 Å². The fraction of sp³-hybridized carbons (Fsp3) is 0.727. The van der Waals surface area contributed by atoms with E-state index in [1.54, 1.807) is 0 Å². The van der Waals surface area contributed by atoms with Gasteiger partial charge in [-0.2, -0.15) is 0 Å². The summed E-state index contributed by atoms with van der Waals surface area (Å²) in [4.78, 5) is 0. The Morgan fingerprint density at radius 1 is 0.917 bits per heavy atom. The molecule has 1 aromatic carbocycles. The number of benzene rings is 1. The first kappa shape index (κ1) is 17.8. The zero-order valence-electron chi connectivity index (χ0n) is 16.2. The molecule has 3 rings (SSSR count). The third-order valence-corrected chi connectivity index (χ3v) is 6.43. The molecule has 1 aromatic rings. The summed E-state index contributed by atoms with van der Waals surface area (Å²) in [5.74, 6) is 1.08. The van der Waals surface area contributed by atoms with Crippen LogP contribution >= 0.6 is 0 Å². The molecule has 0 amide bonds. The zero-order valence-corrected chi connectivity index (χ0v) is 16.2. The van der Waals surface area contributed by atoms with Crippen LogP contribution in [0, 0.1) is 0 Å². The number of fused-ring (bicyclic) bond motifs is 1. The molecule has 134 valence electrons. The van der Waals surface area contributed by atoms with Crippen molar-refractivity contribution in [2.45, 2.75) is 89.4 Å². The van der Waals surface area contributed by atoms with Crippen LogP contribution in [-0.2, 0) is 16.2 Å². The molecular weight excluding hydrogens is 296 g/mol. The molecule has 2 aliphatic rings. The minimum absolute atomic E-state index is 0.157. The summed E-state index contributed by atoms with van der Waals surface area (Å²) in [5, 5.41) is 9.55. The highest BCUT2D eigenvalue weighted by atomic mass is 16.5. The number of hydrogen-bond acceptors (Lipinski definition) is 2. The lowest BCUT2D eigenvalue weighted by Gasteiger charge is -2.42. The molecule has 0 aromatic heterocycles. The summed E-state index contributed by atoms with van der Waals surface area (Å²) in [6, 6.07) is 4.79. The average Bonchev–Trinajstić information content (AvgIpc) is 3.30. The molecular formula is C22H34O2. The lowest BCUT2D eigenvalue weighted by molar-refractivity contribution is 0.265. The van der Waals surface area contributed by atoms with Gasteiger partial charge in [-0.3, -0.25) is 0 Å². The Labute approximate surface area is 147 Å². The standard InChI is InChI=1S/C22H34O2/c1-6-13-24-19-15-17-16(20(2,3)7-8-21(17,4)5)14-18(19)22(9-10-22)11-12-23/h14-15,23H,6-13H2,1-5H3. The largest absolute Gasteiger partial charge is 0.493 e. The van der Waals surface area contributed by atoms with Crippen LogP contribution in [0.25, 0.3) is 0 Å². The smallest absolute Gasteiger partial charge is 0.123 e. The number of ether oxygens (including phenoxy) is 1. The summed E-state index contributed by atoms with van der Waals surface area (Å²) < 4.78 is 6.20. The van der Waals surface area contributed by atoms with Gasteiger partial charge in [0, 0.05) is 17.6 Å². The highest BCUT2D eigenvalue weighted by Crippen LogP contribution is 2.56. The van der Waals surface area contributed by atoms with E-state index in [2.05, 4.69) is 46.8 Å². The third kappa shape index (κ3) is 2.98. The van der Waals surface area contributed by atoms with Crippen molar-refractivity contribution < 1.29 is 9.84 Å². The van der Waals surface area contributed by atoms with Crippen LogP contribution in [0.1, 0.15) is 89.8 Å². The van der Waals surface area contributed by atoms with Gasteiger partial charge in [0.05, 0.1) is 6.61 Å². The molecule has 2 nitrogen and oxygen atoms in total. The summed E-state index contributed by atoms with van der Waals surface area (Å²) in [5.41, 5.74) is 4.91. The first-order chi connectivity index (χ1) is 11.3. The van der Waals surface area contributed by atoms with Crippen molar-refractivity contribution in [1.29, 1.82) is 0 Å². The van der Waals surface area contributed by atoms with Crippen molar-refractivity contribution in [2.75, 3.05) is 13.2 Å². The molecule has 0 aliphatic heterocycles. The van der Waals surface area contributed by atoms with Gasteiger partial charge in [-0.25, -0.2) is 0 Å². The molecule has 0 heterocycles. The second-order valence-corrected chi connectivity index (χ2v) is 9.26. The molecule has 1 N–H and O–H groups in total. The van der Waals surface area contributed by atoms with Gasteiger partial charge in [-0.05, 0) is 66.5 Å². The van der Waals surface area contributed by atoms with Gasteiger partial charge in [-0.15, -0.1) is 0 Å². The molecule has 0 atom stereocenters. The minimum atomic E-state index is 0.157. The number of hydrogen-bond donors (Lipinski definition) is 1. The van der Waals surface area contributed by atoms with Gasteiger partial charge in [-0.1, -0.05) is 40.7 Å². The lowest BCUT2D eigenvalue weighted by Crippen LogP contribution is -2.34. The van der Waals surface area contributed by atoms with Gasteiger partial charge in [0.25, 0.3) is 0 Å². The monoisotopic (exact) mass is 330 g/mol. The Kier molecular flexibility index (Phi) is 4.49. The first-order valence-electron chi connectivity index (χ1n) is 9.69. The molecule has 1 fully saturated rings. The maximum Gasteiger partial charge on any atom is 0.123 e. The predicted octanol–water partition coefficient (Wildman–Crippen LogP) is 5.24. The Morgan fingerprint density at radius 2 is 1.50 bits per heavy atom. The van der Waals surface area contributed by atoms with Crippen molar-refractivity contribution in [1.82, 2.24) is 0 Å². The molecule has 0 radical (unpaired) electrons. The highest BCUT2D eigenvalue weighted by Gasteiger charge is 2.47. The quantitative estimate of drug-likeness (QED) is 0.773. The van der Waals surface area contributed by atoms with E-state index in [-0.39, 0.29) is 22.9 Å². The predicted molar refractivity (Wildman–Crippen MR) is 100 cm³/mol. The van der Waals surface area contributed by atoms with E-state index in [1.807, 2.05) is 0 Å². The van der Waals surface area contributed by atoms with E-state index in [0.29, 0.717) is 0 Å². The Morgan fingerprint density at radius 3 is 2.00 bits per heavy atom. The minimum Gasteiger partial charge on any atom is -0.493 e. The lowest BCUT2D eigenvalue weighted by atomic mass is 9.62. The average molecular weight is 331 g/mol. The van der Waals surface area contributed by atoms with Crippen molar-refractivity contribution in [3.8, 4) is 5.75 Å². The van der Waals surface area contributed by atoms with Crippen LogP contribution in [0.4, 0.5) is 0 Å². The molecule has 0 unspecified atom stereocenters. The van der Waals surface area contributed by atoms with E-state index in [9.17, 15) is 5.11 Å². The highest BCUT2D eigenvalue weighted by molar-refractivity contribution is 5.54. The van der Waals surface area contributed by atoms with Crippen molar-refractivity contribution in [3.05, 3.63) is 28.8 Å². The first-order valence-corrected chi connectivity index (χ1v) is 9.69. The molecule has 2 aliphatic carbocycles. The Hall–Kier alpha value is -1.02. The van der Waals surface area contributed by atoms with Gasteiger partial charge in [0.1, 0.15) is 5.75 Å². The molecule has 0 bridgehead atoms. The molecule has 0 saturated heterocycles. The maximum atomic E-state index is 9.55. The van der Waals surface area contributed by atoms with Crippen LogP contribution in [-0.4, -0.2) is 18.3 Å². The molecule has 24 heavy (non-hydrogen) atoms. The van der Waals surface area contributed by atoms with E-state index in [4.69, 9.17) is 4.74 Å². The Balaban J connectivity index is 2.14. The fourth-order valence-corrected chi connectivity index (χ4v) is 4.36. The summed E-state index contributed by atoms with van der Waals surface area (Å²) in [7, 11) is 0. The molecule has 1 saturated carbocycles. The van der Waals surface area contributed by atoms with E-state index >= 15 is 0 Å². The van der Waals surface area contributed by atoms with E-state index in [0.717, 1.165) is 25.2 Å². The van der Waals surface area contributed by atoms with Crippen LogP contribution < -0.4 is 4.74 Å². The number of aliphatic hydroxyl groups is 1. The Bertz CT molecular complexity index is 609. The number of rotatable bonds is 6. The third-order valence-electron chi connectivity index (χ3n) is 6.43. The zero-order chi connectivity index (χ0) is 17.6. The topological polar surface area (TPSA) is 29.5 Å². The second kappa shape index (κ2) is 6.05. The second-order valence-electron chi connectivity index (χ2n) is 9.26. The van der Waals surface area contributed by atoms with Crippen molar-refractivity contribution in [2.24, 2.45) is 0 Å². The molecule has 2 heteroatoms. The van der Waals surface area contributed by atoms with Gasteiger partial charge in [0.15, 0.2) is 0 Å². The summed E-state index contributed by atoms with van der Waals surface area (Å²) >= 11 is 0. The van der Waals surface area contributed by atoms with Crippen LogP contribution in [0.15, 0.2) is 12.1 Å². The van der Waals surface area contributed by atoms with E-state index < -0.39 is 0 Å². The normalized spacial score (nSPS) is 22.8.